The fourth-order valence-corrected chi connectivity index (χ4v) is 2.93. The third-order valence-electron chi connectivity index (χ3n) is 4.21. The van der Waals surface area contributed by atoms with Crippen molar-refractivity contribution in [3.8, 4) is 0 Å². The van der Waals surface area contributed by atoms with E-state index in [9.17, 15) is 9.59 Å². The molecule has 0 spiro atoms. The second kappa shape index (κ2) is 10.3. The van der Waals surface area contributed by atoms with E-state index >= 15 is 0 Å². The standard InChI is InChI=1S/C19H24Cl2N4O3/c1-12-11-25(14-6-7-15(20)16(21)10-14)24-19(12)23-17(26)4-3-9-22-13(2)5-8-18(27)28/h6-7,10,12,22H,2-5,8-9,11H2,1H3,(H,27,28)(H,23,24,26). The molecule has 28 heavy (non-hydrogen) atoms. The Kier molecular flexibility index (Phi) is 8.14. The number of amidine groups is 1. The molecule has 2 rings (SSSR count). The van der Waals surface area contributed by atoms with E-state index in [4.69, 9.17) is 28.3 Å². The maximum Gasteiger partial charge on any atom is 0.303 e. The molecule has 1 atom stereocenters. The molecule has 0 bridgehead atoms. The van der Waals surface area contributed by atoms with Crippen molar-refractivity contribution in [1.29, 1.82) is 0 Å². The van der Waals surface area contributed by atoms with Crippen LogP contribution in [0.5, 0.6) is 0 Å². The van der Waals surface area contributed by atoms with Crippen LogP contribution in [0.2, 0.25) is 10.0 Å². The van der Waals surface area contributed by atoms with Gasteiger partial charge in [0, 0.05) is 24.6 Å². The van der Waals surface area contributed by atoms with Crippen molar-refractivity contribution in [1.82, 2.24) is 10.6 Å². The summed E-state index contributed by atoms with van der Waals surface area (Å²) in [7, 11) is 0. The number of hydrazone groups is 1. The first-order chi connectivity index (χ1) is 13.3. The molecule has 0 fully saturated rings. The van der Waals surface area contributed by atoms with Crippen molar-refractivity contribution >= 4 is 46.6 Å². The number of carbonyl (C=O) groups is 2. The van der Waals surface area contributed by atoms with E-state index in [1.54, 1.807) is 17.1 Å². The number of carbonyl (C=O) groups excluding carboxylic acids is 1. The average molecular weight is 427 g/mol. The minimum Gasteiger partial charge on any atom is -0.481 e. The van der Waals surface area contributed by atoms with Gasteiger partial charge < -0.3 is 15.7 Å². The number of hydrogen-bond donors (Lipinski definition) is 3. The Balaban J connectivity index is 1.77. The molecule has 1 unspecified atom stereocenters. The first-order valence-corrected chi connectivity index (χ1v) is 9.76. The minimum atomic E-state index is -0.858. The highest BCUT2D eigenvalue weighted by Gasteiger charge is 2.25. The second-order valence-corrected chi connectivity index (χ2v) is 7.46. The molecular formula is C19H24Cl2N4O3. The molecule has 0 aliphatic carbocycles. The first-order valence-electron chi connectivity index (χ1n) is 9.00. The van der Waals surface area contributed by atoms with Crippen molar-refractivity contribution in [3.63, 3.8) is 0 Å². The predicted molar refractivity (Wildman–Crippen MR) is 112 cm³/mol. The Morgan fingerprint density at radius 1 is 1.29 bits per heavy atom. The zero-order chi connectivity index (χ0) is 20.7. The van der Waals surface area contributed by atoms with Crippen molar-refractivity contribution in [2.24, 2.45) is 11.0 Å². The molecule has 0 aromatic heterocycles. The van der Waals surface area contributed by atoms with E-state index in [1.807, 2.05) is 13.0 Å². The summed E-state index contributed by atoms with van der Waals surface area (Å²) in [6.07, 6.45) is 1.35. The number of rotatable bonds is 9. The van der Waals surface area contributed by atoms with E-state index in [0.29, 0.717) is 53.9 Å². The molecule has 1 amide bonds. The summed E-state index contributed by atoms with van der Waals surface area (Å²) in [5, 5.41) is 21.7. The SMILES string of the molecule is C=C(CCC(=O)O)NCCCC(=O)NC1=NN(c2ccc(Cl)c(Cl)c2)CC1C. The second-order valence-electron chi connectivity index (χ2n) is 6.64. The van der Waals surface area contributed by atoms with Crippen LogP contribution in [-0.2, 0) is 9.59 Å². The Bertz CT molecular complexity index is 782. The molecule has 152 valence electrons. The quantitative estimate of drug-likeness (QED) is 0.524. The number of carboxylic acid groups (broad SMARTS) is 1. The lowest BCUT2D eigenvalue weighted by atomic mass is 10.1. The molecule has 0 saturated carbocycles. The monoisotopic (exact) mass is 426 g/mol. The highest BCUT2D eigenvalue weighted by molar-refractivity contribution is 6.42. The first kappa shape index (κ1) is 22.0. The number of allylic oxidation sites excluding steroid dienone is 1. The van der Waals surface area contributed by atoms with Crippen LogP contribution >= 0.6 is 23.2 Å². The van der Waals surface area contributed by atoms with Crippen molar-refractivity contribution in [2.75, 3.05) is 18.1 Å². The lowest BCUT2D eigenvalue weighted by Crippen LogP contribution is -2.33. The molecular weight excluding hydrogens is 403 g/mol. The molecule has 7 nitrogen and oxygen atoms in total. The van der Waals surface area contributed by atoms with Gasteiger partial charge in [-0.1, -0.05) is 36.7 Å². The van der Waals surface area contributed by atoms with Crippen LogP contribution < -0.4 is 15.6 Å². The largest absolute Gasteiger partial charge is 0.481 e. The number of benzene rings is 1. The summed E-state index contributed by atoms with van der Waals surface area (Å²) in [5.41, 5.74) is 1.48. The normalized spacial score (nSPS) is 15.9. The summed E-state index contributed by atoms with van der Waals surface area (Å²) < 4.78 is 0. The van der Waals surface area contributed by atoms with Gasteiger partial charge in [0.15, 0.2) is 0 Å². The van der Waals surface area contributed by atoms with Gasteiger partial charge in [-0.05, 0) is 31.0 Å². The minimum absolute atomic E-state index is 0.0410. The summed E-state index contributed by atoms with van der Waals surface area (Å²) in [6.45, 7) is 6.95. The van der Waals surface area contributed by atoms with Crippen molar-refractivity contribution < 1.29 is 14.7 Å². The smallest absolute Gasteiger partial charge is 0.303 e. The van der Waals surface area contributed by atoms with Crippen LogP contribution in [0.4, 0.5) is 5.69 Å². The Morgan fingerprint density at radius 3 is 2.71 bits per heavy atom. The van der Waals surface area contributed by atoms with Gasteiger partial charge in [0.25, 0.3) is 0 Å². The van der Waals surface area contributed by atoms with Gasteiger partial charge in [0.05, 0.1) is 28.7 Å². The molecule has 3 N–H and O–H groups in total. The van der Waals surface area contributed by atoms with Crippen LogP contribution in [0.1, 0.15) is 32.6 Å². The zero-order valence-electron chi connectivity index (χ0n) is 15.7. The molecule has 1 aromatic rings. The van der Waals surface area contributed by atoms with Crippen molar-refractivity contribution in [2.45, 2.75) is 32.6 Å². The predicted octanol–water partition coefficient (Wildman–Crippen LogP) is 3.63. The number of halogens is 2. The van der Waals surface area contributed by atoms with E-state index in [-0.39, 0.29) is 18.2 Å². The fourth-order valence-electron chi connectivity index (χ4n) is 2.64. The lowest BCUT2D eigenvalue weighted by molar-refractivity contribution is -0.137. The number of nitrogens with zero attached hydrogens (tertiary/aromatic N) is 2. The van der Waals surface area contributed by atoms with Crippen molar-refractivity contribution in [3.05, 3.63) is 40.5 Å². The topological polar surface area (TPSA) is 94.0 Å². The maximum absolute atomic E-state index is 12.2. The van der Waals surface area contributed by atoms with Crippen LogP contribution in [0.3, 0.4) is 0 Å². The average Bonchev–Trinajstić information content (AvgIpc) is 2.99. The number of aliphatic carboxylic acids is 1. The fraction of sp³-hybridized carbons (Fsp3) is 0.421. The van der Waals surface area contributed by atoms with Crippen LogP contribution in [0.25, 0.3) is 0 Å². The summed E-state index contributed by atoms with van der Waals surface area (Å²) in [5.74, 6) is -0.273. The Morgan fingerprint density at radius 2 is 2.04 bits per heavy atom. The van der Waals surface area contributed by atoms with Crippen LogP contribution in [0.15, 0.2) is 35.6 Å². The number of nitrogens with one attached hydrogen (secondary N) is 2. The molecule has 1 aromatic carbocycles. The summed E-state index contributed by atoms with van der Waals surface area (Å²) >= 11 is 12.0. The van der Waals surface area contributed by atoms with E-state index in [1.165, 1.54) is 0 Å². The van der Waals surface area contributed by atoms with Crippen LogP contribution in [-0.4, -0.2) is 35.9 Å². The Labute approximate surface area is 174 Å². The van der Waals surface area contributed by atoms with Gasteiger partial charge in [-0.3, -0.25) is 14.6 Å². The zero-order valence-corrected chi connectivity index (χ0v) is 17.2. The number of amides is 1. The molecule has 0 radical (unpaired) electrons. The lowest BCUT2D eigenvalue weighted by Gasteiger charge is -2.14. The highest BCUT2D eigenvalue weighted by Crippen LogP contribution is 2.29. The number of carboxylic acids is 1. The van der Waals surface area contributed by atoms with Gasteiger partial charge >= 0.3 is 5.97 Å². The molecule has 0 saturated heterocycles. The molecule has 9 heteroatoms. The number of hydrogen-bond acceptors (Lipinski definition) is 5. The van der Waals surface area contributed by atoms with E-state index < -0.39 is 5.97 Å². The summed E-state index contributed by atoms with van der Waals surface area (Å²) in [6, 6.07) is 5.29. The van der Waals surface area contributed by atoms with Gasteiger partial charge in [0.2, 0.25) is 5.91 Å². The molecule has 1 aliphatic rings. The van der Waals surface area contributed by atoms with Gasteiger partial charge in [-0.15, -0.1) is 0 Å². The van der Waals surface area contributed by atoms with Gasteiger partial charge in [-0.25, -0.2) is 0 Å². The van der Waals surface area contributed by atoms with Gasteiger partial charge in [-0.2, -0.15) is 5.10 Å². The van der Waals surface area contributed by atoms with E-state index in [2.05, 4.69) is 22.3 Å². The molecule has 1 heterocycles. The third kappa shape index (κ3) is 6.73. The highest BCUT2D eigenvalue weighted by atomic mass is 35.5. The summed E-state index contributed by atoms with van der Waals surface area (Å²) in [4.78, 5) is 22.7. The van der Waals surface area contributed by atoms with E-state index in [0.717, 1.165) is 5.69 Å². The van der Waals surface area contributed by atoms with Crippen LogP contribution in [0, 0.1) is 5.92 Å². The Hall–Kier alpha value is -2.25. The maximum atomic E-state index is 12.2. The third-order valence-corrected chi connectivity index (χ3v) is 4.95. The van der Waals surface area contributed by atoms with Gasteiger partial charge in [0.1, 0.15) is 5.84 Å². The number of anilines is 1. The molecule has 1 aliphatic heterocycles.